The van der Waals surface area contributed by atoms with E-state index in [9.17, 15) is 24.0 Å². The first-order valence-electron chi connectivity index (χ1n) is 8.45. The van der Waals surface area contributed by atoms with Crippen molar-refractivity contribution in [1.29, 1.82) is 0 Å². The molecule has 0 atom stereocenters. The number of hydrogen-bond acceptors (Lipinski definition) is 5. The topological polar surface area (TPSA) is 116 Å². The standard InChI is InChI=1S/C18H22N4O5/c1-10(2)22-17(26)16(25)21(18(22)27)9-15(24)19-8-14(23)20-13-7-5-6-11(3)12(13)4/h5-7,10H,8-9H2,1-4H3,(H,19,24)(H,20,23). The number of nitrogens with one attached hydrogen (secondary N) is 2. The van der Waals surface area contributed by atoms with E-state index in [2.05, 4.69) is 10.6 Å². The number of nitrogens with zero attached hydrogens (tertiary/aromatic N) is 2. The summed E-state index contributed by atoms with van der Waals surface area (Å²) in [6.45, 7) is 6.01. The van der Waals surface area contributed by atoms with Gasteiger partial charge >= 0.3 is 17.8 Å². The van der Waals surface area contributed by atoms with E-state index in [1.54, 1.807) is 26.0 Å². The highest BCUT2D eigenvalue weighted by Crippen LogP contribution is 2.17. The highest BCUT2D eigenvalue weighted by atomic mass is 16.2. The Morgan fingerprint density at radius 1 is 1.04 bits per heavy atom. The smallest absolute Gasteiger partial charge is 0.334 e. The number of rotatable bonds is 6. The van der Waals surface area contributed by atoms with Gasteiger partial charge in [-0.05, 0) is 44.9 Å². The van der Waals surface area contributed by atoms with Crippen molar-refractivity contribution in [2.75, 3.05) is 18.4 Å². The Labute approximate surface area is 156 Å². The molecule has 1 fully saturated rings. The van der Waals surface area contributed by atoms with Crippen molar-refractivity contribution >= 4 is 35.3 Å². The zero-order valence-electron chi connectivity index (χ0n) is 15.7. The van der Waals surface area contributed by atoms with Crippen molar-refractivity contribution in [3.63, 3.8) is 0 Å². The summed E-state index contributed by atoms with van der Waals surface area (Å²) >= 11 is 0. The number of imide groups is 2. The summed E-state index contributed by atoms with van der Waals surface area (Å²) in [7, 11) is 0. The van der Waals surface area contributed by atoms with Crippen molar-refractivity contribution in [1.82, 2.24) is 15.1 Å². The lowest BCUT2D eigenvalue weighted by molar-refractivity contribution is -0.144. The summed E-state index contributed by atoms with van der Waals surface area (Å²) < 4.78 is 0. The number of aryl methyl sites for hydroxylation is 1. The van der Waals surface area contributed by atoms with Gasteiger partial charge in [0.1, 0.15) is 6.54 Å². The predicted molar refractivity (Wildman–Crippen MR) is 96.6 cm³/mol. The molecule has 2 N–H and O–H groups in total. The molecule has 0 aliphatic carbocycles. The van der Waals surface area contributed by atoms with Gasteiger partial charge in [-0.2, -0.15) is 0 Å². The van der Waals surface area contributed by atoms with E-state index in [0.29, 0.717) is 10.6 Å². The van der Waals surface area contributed by atoms with Crippen LogP contribution in [0, 0.1) is 13.8 Å². The maximum Gasteiger partial charge on any atom is 0.334 e. The van der Waals surface area contributed by atoms with Gasteiger partial charge in [0.2, 0.25) is 11.8 Å². The summed E-state index contributed by atoms with van der Waals surface area (Å²) in [6, 6.07) is 4.13. The second-order valence-electron chi connectivity index (χ2n) is 6.52. The Kier molecular flexibility index (Phi) is 5.94. The molecule has 1 aliphatic heterocycles. The first-order valence-corrected chi connectivity index (χ1v) is 8.45. The fraction of sp³-hybridized carbons (Fsp3) is 0.389. The fourth-order valence-corrected chi connectivity index (χ4v) is 2.58. The van der Waals surface area contributed by atoms with E-state index in [1.165, 1.54) is 0 Å². The minimum atomic E-state index is -1.05. The molecule has 0 bridgehead atoms. The van der Waals surface area contributed by atoms with Crippen LogP contribution in [0.3, 0.4) is 0 Å². The lowest BCUT2D eigenvalue weighted by atomic mass is 10.1. The predicted octanol–water partition coefficient (Wildman–Crippen LogP) is 0.557. The zero-order chi connectivity index (χ0) is 20.3. The van der Waals surface area contributed by atoms with Crippen LogP contribution in [0.2, 0.25) is 0 Å². The van der Waals surface area contributed by atoms with Crippen molar-refractivity contribution in [3.8, 4) is 0 Å². The molecule has 1 aromatic rings. The summed E-state index contributed by atoms with van der Waals surface area (Å²) in [5.41, 5.74) is 2.57. The summed E-state index contributed by atoms with van der Waals surface area (Å²) in [6.07, 6.45) is 0. The Morgan fingerprint density at radius 3 is 2.30 bits per heavy atom. The molecule has 0 unspecified atom stereocenters. The van der Waals surface area contributed by atoms with Gasteiger partial charge in [-0.25, -0.2) is 9.69 Å². The summed E-state index contributed by atoms with van der Waals surface area (Å²) in [5, 5.41) is 5.02. The monoisotopic (exact) mass is 374 g/mol. The average molecular weight is 374 g/mol. The molecule has 0 saturated carbocycles. The lowest BCUT2D eigenvalue weighted by Gasteiger charge is -2.18. The van der Waals surface area contributed by atoms with E-state index in [0.717, 1.165) is 16.0 Å². The molecular weight excluding hydrogens is 352 g/mol. The Morgan fingerprint density at radius 2 is 1.70 bits per heavy atom. The molecular formula is C18H22N4O5. The van der Waals surface area contributed by atoms with Gasteiger partial charge in [-0.3, -0.25) is 24.1 Å². The van der Waals surface area contributed by atoms with Gasteiger partial charge in [0.25, 0.3) is 0 Å². The number of benzene rings is 1. The van der Waals surface area contributed by atoms with Crippen LogP contribution in [-0.4, -0.2) is 58.6 Å². The number of carbonyl (C=O) groups is 5. The Bertz CT molecular complexity index is 818. The highest BCUT2D eigenvalue weighted by Gasteiger charge is 2.46. The van der Waals surface area contributed by atoms with E-state index in [1.807, 2.05) is 19.9 Å². The number of anilines is 1. The van der Waals surface area contributed by atoms with Gasteiger partial charge in [0, 0.05) is 11.7 Å². The second-order valence-corrected chi connectivity index (χ2v) is 6.52. The van der Waals surface area contributed by atoms with E-state index in [4.69, 9.17) is 0 Å². The molecule has 0 radical (unpaired) electrons. The van der Waals surface area contributed by atoms with E-state index >= 15 is 0 Å². The van der Waals surface area contributed by atoms with Crippen LogP contribution in [-0.2, 0) is 19.2 Å². The minimum absolute atomic E-state index is 0.329. The van der Waals surface area contributed by atoms with Crippen molar-refractivity contribution in [3.05, 3.63) is 29.3 Å². The minimum Gasteiger partial charge on any atom is -0.345 e. The lowest BCUT2D eigenvalue weighted by Crippen LogP contribution is -2.44. The molecule has 1 saturated heterocycles. The van der Waals surface area contributed by atoms with Crippen LogP contribution in [0.4, 0.5) is 10.5 Å². The molecule has 144 valence electrons. The normalized spacial score (nSPS) is 14.2. The maximum atomic E-state index is 12.1. The first-order chi connectivity index (χ1) is 12.6. The van der Waals surface area contributed by atoms with E-state index in [-0.39, 0.29) is 6.54 Å². The molecule has 0 spiro atoms. The molecule has 1 heterocycles. The van der Waals surface area contributed by atoms with Crippen LogP contribution in [0.15, 0.2) is 18.2 Å². The molecule has 1 aromatic carbocycles. The van der Waals surface area contributed by atoms with Crippen LogP contribution < -0.4 is 10.6 Å². The number of carbonyl (C=O) groups excluding carboxylic acids is 5. The van der Waals surface area contributed by atoms with E-state index < -0.39 is 42.2 Å². The third kappa shape index (κ3) is 4.30. The average Bonchev–Trinajstić information content (AvgIpc) is 2.80. The third-order valence-corrected chi connectivity index (χ3v) is 4.23. The van der Waals surface area contributed by atoms with Gasteiger partial charge in [0.15, 0.2) is 0 Å². The number of amides is 6. The maximum absolute atomic E-state index is 12.1. The third-order valence-electron chi connectivity index (χ3n) is 4.23. The SMILES string of the molecule is Cc1cccc(NC(=O)CNC(=O)CN2C(=O)C(=O)N(C(C)C)C2=O)c1C. The van der Waals surface area contributed by atoms with Gasteiger partial charge < -0.3 is 10.6 Å². The number of hydrogen-bond donors (Lipinski definition) is 2. The first kappa shape index (κ1) is 20.1. The van der Waals surface area contributed by atoms with Gasteiger partial charge in [0.05, 0.1) is 6.54 Å². The van der Waals surface area contributed by atoms with Crippen LogP contribution in [0.25, 0.3) is 0 Å². The highest BCUT2D eigenvalue weighted by molar-refractivity contribution is 6.45. The molecule has 9 heteroatoms. The molecule has 1 aliphatic rings. The Hall–Kier alpha value is -3.23. The van der Waals surface area contributed by atoms with Gasteiger partial charge in [-0.1, -0.05) is 12.1 Å². The quantitative estimate of drug-likeness (QED) is 0.557. The molecule has 2 rings (SSSR count). The second kappa shape index (κ2) is 7.98. The van der Waals surface area contributed by atoms with Gasteiger partial charge in [-0.15, -0.1) is 0 Å². The molecule has 6 amide bonds. The number of urea groups is 1. The fourth-order valence-electron chi connectivity index (χ4n) is 2.58. The Balaban J connectivity index is 1.90. The zero-order valence-corrected chi connectivity index (χ0v) is 15.7. The van der Waals surface area contributed by atoms with Crippen molar-refractivity contribution < 1.29 is 24.0 Å². The molecule has 27 heavy (non-hydrogen) atoms. The summed E-state index contributed by atoms with van der Waals surface area (Å²) in [4.78, 5) is 61.1. The molecule has 9 nitrogen and oxygen atoms in total. The largest absolute Gasteiger partial charge is 0.345 e. The summed E-state index contributed by atoms with van der Waals surface area (Å²) in [5.74, 6) is -3.18. The van der Waals surface area contributed by atoms with Crippen molar-refractivity contribution in [2.24, 2.45) is 0 Å². The van der Waals surface area contributed by atoms with Crippen LogP contribution >= 0.6 is 0 Å². The van der Waals surface area contributed by atoms with Crippen LogP contribution in [0.1, 0.15) is 25.0 Å². The van der Waals surface area contributed by atoms with Crippen molar-refractivity contribution in [2.45, 2.75) is 33.7 Å². The molecule has 0 aromatic heterocycles. The van der Waals surface area contributed by atoms with Crippen LogP contribution in [0.5, 0.6) is 0 Å².